The lowest BCUT2D eigenvalue weighted by atomic mass is 9.87. The van der Waals surface area contributed by atoms with Crippen molar-refractivity contribution >= 4 is 35.2 Å². The van der Waals surface area contributed by atoms with Crippen molar-refractivity contribution in [2.75, 3.05) is 5.75 Å². The molecule has 0 aliphatic heterocycles. The molecule has 0 aliphatic carbocycles. The Bertz CT molecular complexity index is 970. The third-order valence-corrected chi connectivity index (χ3v) is 6.07. The summed E-state index contributed by atoms with van der Waals surface area (Å²) in [6, 6.07) is 12.3. The topological polar surface area (TPSA) is 72.2 Å². The molecule has 0 saturated carbocycles. The Morgan fingerprint density at radius 1 is 1.24 bits per heavy atom. The molecule has 0 radical (unpaired) electrons. The van der Waals surface area contributed by atoms with E-state index in [2.05, 4.69) is 65.8 Å². The van der Waals surface area contributed by atoms with E-state index in [1.807, 2.05) is 29.0 Å². The lowest BCUT2D eigenvalue weighted by Gasteiger charge is -2.19. The molecule has 1 amide bonds. The Balaban J connectivity index is 1.64. The smallest absolute Gasteiger partial charge is 0.250 e. The van der Waals surface area contributed by atoms with Gasteiger partial charge in [0.25, 0.3) is 5.91 Å². The van der Waals surface area contributed by atoms with E-state index in [1.54, 1.807) is 17.6 Å². The monoisotopic (exact) mass is 427 g/mol. The van der Waals surface area contributed by atoms with E-state index in [9.17, 15) is 4.79 Å². The molecule has 0 spiro atoms. The number of amides is 1. The van der Waals surface area contributed by atoms with Gasteiger partial charge in [0.2, 0.25) is 0 Å². The van der Waals surface area contributed by atoms with Gasteiger partial charge in [-0.15, -0.1) is 21.5 Å². The van der Waals surface area contributed by atoms with Crippen LogP contribution in [0.1, 0.15) is 38.1 Å². The Kier molecular flexibility index (Phi) is 6.87. The molecule has 2 heterocycles. The average molecular weight is 428 g/mol. The first-order valence-electron chi connectivity index (χ1n) is 9.41. The zero-order valence-electron chi connectivity index (χ0n) is 17.0. The number of aromatic nitrogens is 3. The first-order chi connectivity index (χ1) is 13.9. The van der Waals surface area contributed by atoms with Gasteiger partial charge in [-0.3, -0.25) is 4.79 Å². The maximum absolute atomic E-state index is 12.1. The van der Waals surface area contributed by atoms with Crippen molar-refractivity contribution in [3.8, 4) is 11.4 Å². The van der Waals surface area contributed by atoms with Crippen LogP contribution in [0, 0.1) is 0 Å². The minimum absolute atomic E-state index is 0.108. The normalized spacial score (nSPS) is 11.9. The largest absolute Gasteiger partial charge is 0.302 e. The van der Waals surface area contributed by atoms with Crippen LogP contribution in [0.15, 0.2) is 52.0 Å². The van der Waals surface area contributed by atoms with Crippen LogP contribution in [0.5, 0.6) is 0 Å². The molecule has 2 aromatic heterocycles. The third kappa shape index (κ3) is 5.55. The molecule has 8 heteroatoms. The molecule has 3 rings (SSSR count). The number of hydrogen-bond donors (Lipinski definition) is 1. The molecule has 6 nitrogen and oxygen atoms in total. The van der Waals surface area contributed by atoms with Gasteiger partial charge in [-0.2, -0.15) is 5.10 Å². The SMILES string of the molecule is CCn1c(SCC(=O)N/N=C/c2cccs2)nnc1-c1ccc(C(C)(C)C)cc1. The van der Waals surface area contributed by atoms with Crippen LogP contribution in [0.2, 0.25) is 0 Å². The Hall–Kier alpha value is -2.45. The summed E-state index contributed by atoms with van der Waals surface area (Å²) in [4.78, 5) is 13.0. The fourth-order valence-corrected chi connectivity index (χ4v) is 4.09. The average Bonchev–Trinajstić information content (AvgIpc) is 3.35. The summed E-state index contributed by atoms with van der Waals surface area (Å²) in [6.45, 7) is 9.36. The van der Waals surface area contributed by atoms with E-state index in [4.69, 9.17) is 0 Å². The van der Waals surface area contributed by atoms with Gasteiger partial charge in [-0.25, -0.2) is 5.43 Å². The molecule has 152 valence electrons. The highest BCUT2D eigenvalue weighted by Gasteiger charge is 2.17. The number of thiophene rings is 1. The maximum Gasteiger partial charge on any atom is 0.250 e. The summed E-state index contributed by atoms with van der Waals surface area (Å²) >= 11 is 2.92. The minimum atomic E-state index is -0.176. The fraction of sp³-hybridized carbons (Fsp3) is 0.333. The molecule has 3 aromatic rings. The van der Waals surface area contributed by atoms with Crippen molar-refractivity contribution < 1.29 is 4.79 Å². The van der Waals surface area contributed by atoms with Crippen molar-refractivity contribution in [3.63, 3.8) is 0 Å². The molecular weight excluding hydrogens is 402 g/mol. The highest BCUT2D eigenvalue weighted by atomic mass is 32.2. The molecule has 0 bridgehead atoms. The number of thioether (sulfide) groups is 1. The first kappa shape index (κ1) is 21.3. The molecule has 0 fully saturated rings. The minimum Gasteiger partial charge on any atom is -0.302 e. The fourth-order valence-electron chi connectivity index (χ4n) is 2.71. The third-order valence-electron chi connectivity index (χ3n) is 4.30. The van der Waals surface area contributed by atoms with Gasteiger partial charge < -0.3 is 4.57 Å². The zero-order chi connectivity index (χ0) is 20.9. The summed E-state index contributed by atoms with van der Waals surface area (Å²) in [5.74, 6) is 0.860. The van der Waals surface area contributed by atoms with E-state index in [0.29, 0.717) is 0 Å². The first-order valence-corrected chi connectivity index (χ1v) is 11.3. The van der Waals surface area contributed by atoms with Gasteiger partial charge in [0.15, 0.2) is 11.0 Å². The Labute approximate surface area is 179 Å². The lowest BCUT2D eigenvalue weighted by molar-refractivity contribution is -0.118. The van der Waals surface area contributed by atoms with Crippen LogP contribution in [0.4, 0.5) is 0 Å². The number of benzene rings is 1. The van der Waals surface area contributed by atoms with Crippen LogP contribution in [-0.2, 0) is 16.8 Å². The van der Waals surface area contributed by atoms with Crippen LogP contribution >= 0.6 is 23.1 Å². The second kappa shape index (κ2) is 9.37. The van der Waals surface area contributed by atoms with Crippen molar-refractivity contribution in [1.29, 1.82) is 0 Å². The molecule has 0 aliphatic rings. The van der Waals surface area contributed by atoms with Crippen LogP contribution in [0.25, 0.3) is 11.4 Å². The molecule has 0 atom stereocenters. The van der Waals surface area contributed by atoms with Crippen LogP contribution in [-0.4, -0.2) is 32.6 Å². The molecule has 1 aromatic carbocycles. The summed E-state index contributed by atoms with van der Waals surface area (Å²) in [5, 5.41) is 15.3. The number of carbonyl (C=O) groups excluding carboxylic acids is 1. The van der Waals surface area contributed by atoms with Crippen molar-refractivity contribution in [2.24, 2.45) is 5.10 Å². The Morgan fingerprint density at radius 2 is 2.00 bits per heavy atom. The quantitative estimate of drug-likeness (QED) is 0.341. The van der Waals surface area contributed by atoms with E-state index in [1.165, 1.54) is 17.3 Å². The van der Waals surface area contributed by atoms with Crippen LogP contribution in [0.3, 0.4) is 0 Å². The molecular formula is C21H25N5OS2. The maximum atomic E-state index is 12.1. The number of carbonyl (C=O) groups is 1. The summed E-state index contributed by atoms with van der Waals surface area (Å²) < 4.78 is 2.03. The van der Waals surface area contributed by atoms with Gasteiger partial charge in [0.05, 0.1) is 12.0 Å². The predicted molar refractivity (Wildman–Crippen MR) is 121 cm³/mol. The van der Waals surface area contributed by atoms with Gasteiger partial charge in [0, 0.05) is 17.0 Å². The van der Waals surface area contributed by atoms with Crippen LogP contribution < -0.4 is 5.43 Å². The zero-order valence-corrected chi connectivity index (χ0v) is 18.7. The van der Waals surface area contributed by atoms with Gasteiger partial charge in [0.1, 0.15) is 0 Å². The van der Waals surface area contributed by atoms with Crippen molar-refractivity contribution in [1.82, 2.24) is 20.2 Å². The van der Waals surface area contributed by atoms with Crippen molar-refractivity contribution in [2.45, 2.75) is 44.8 Å². The number of hydrogen-bond acceptors (Lipinski definition) is 6. The molecule has 0 saturated heterocycles. The van der Waals surface area contributed by atoms with Crippen molar-refractivity contribution in [3.05, 3.63) is 52.2 Å². The van der Waals surface area contributed by atoms with Gasteiger partial charge >= 0.3 is 0 Å². The van der Waals surface area contributed by atoms with Gasteiger partial charge in [-0.05, 0) is 29.3 Å². The van der Waals surface area contributed by atoms with E-state index < -0.39 is 0 Å². The molecule has 1 N–H and O–H groups in total. The van der Waals surface area contributed by atoms with E-state index >= 15 is 0 Å². The standard InChI is InChI=1S/C21H25N5OS2/c1-5-26-19(15-8-10-16(11-9-15)21(2,3)4)24-25-20(26)29-14-18(27)23-22-13-17-7-6-12-28-17/h6-13H,5,14H2,1-4H3,(H,23,27)/b22-13+. The predicted octanol–water partition coefficient (Wildman–Crippen LogP) is 4.57. The summed E-state index contributed by atoms with van der Waals surface area (Å²) in [7, 11) is 0. The second-order valence-corrected chi connectivity index (χ2v) is 9.40. The number of nitrogens with one attached hydrogen (secondary N) is 1. The highest BCUT2D eigenvalue weighted by Crippen LogP contribution is 2.27. The summed E-state index contributed by atoms with van der Waals surface area (Å²) in [6.07, 6.45) is 1.64. The number of rotatable bonds is 7. The van der Waals surface area contributed by atoms with E-state index in [-0.39, 0.29) is 17.1 Å². The number of nitrogens with zero attached hydrogens (tertiary/aromatic N) is 4. The molecule has 29 heavy (non-hydrogen) atoms. The highest BCUT2D eigenvalue weighted by molar-refractivity contribution is 7.99. The summed E-state index contributed by atoms with van der Waals surface area (Å²) in [5.41, 5.74) is 4.95. The second-order valence-electron chi connectivity index (χ2n) is 7.48. The van der Waals surface area contributed by atoms with Gasteiger partial charge in [-0.1, -0.05) is 62.9 Å². The molecule has 0 unspecified atom stereocenters. The lowest BCUT2D eigenvalue weighted by Crippen LogP contribution is -2.19. The Morgan fingerprint density at radius 3 is 2.62 bits per heavy atom. The van der Waals surface area contributed by atoms with E-state index in [0.717, 1.165) is 28.0 Å². The number of hydrazone groups is 1.